The smallest absolute Gasteiger partial charge is 0.369 e. The molecule has 2 aliphatic rings. The first-order chi connectivity index (χ1) is 13.5. The van der Waals surface area contributed by atoms with Gasteiger partial charge >= 0.3 is 6.18 Å². The zero-order chi connectivity index (χ0) is 19.6. The summed E-state index contributed by atoms with van der Waals surface area (Å²) in [5.74, 6) is 0. The Hall–Kier alpha value is -1.64. The van der Waals surface area contributed by atoms with Crippen molar-refractivity contribution in [2.45, 2.75) is 31.6 Å². The van der Waals surface area contributed by atoms with Gasteiger partial charge in [-0.05, 0) is 37.6 Å². The molecule has 0 radical (unpaired) electrons. The molecule has 8 heteroatoms. The topological polar surface area (TPSA) is 22.6 Å². The highest BCUT2D eigenvalue weighted by molar-refractivity contribution is 7.09. The summed E-state index contributed by atoms with van der Waals surface area (Å²) in [4.78, 5) is 11.5. The second-order valence-electron chi connectivity index (χ2n) is 7.53. The van der Waals surface area contributed by atoms with E-state index in [1.165, 1.54) is 25.0 Å². The van der Waals surface area contributed by atoms with E-state index in [1.807, 2.05) is 11.6 Å². The standard InChI is InChI=1S/C20H25F3N4S/c21-20(22,23)16-3-1-4-17(13-16)26-8-10-27(11-9-26)18-5-2-7-25(14-18)15-19-24-6-12-28-19/h1,3-4,6,12-13,18H,2,5,7-11,14-15H2. The van der Waals surface area contributed by atoms with Gasteiger partial charge in [-0.1, -0.05) is 6.07 Å². The first-order valence-corrected chi connectivity index (χ1v) is 10.6. The monoisotopic (exact) mass is 410 g/mol. The fraction of sp³-hybridized carbons (Fsp3) is 0.550. The van der Waals surface area contributed by atoms with Gasteiger partial charge in [0, 0.05) is 56.0 Å². The summed E-state index contributed by atoms with van der Waals surface area (Å²) in [5, 5.41) is 3.18. The maximum atomic E-state index is 13.0. The predicted molar refractivity (Wildman–Crippen MR) is 106 cm³/mol. The van der Waals surface area contributed by atoms with Crippen LogP contribution in [0.1, 0.15) is 23.4 Å². The van der Waals surface area contributed by atoms with Crippen molar-refractivity contribution in [1.82, 2.24) is 14.8 Å². The van der Waals surface area contributed by atoms with Crippen LogP contribution in [0.3, 0.4) is 0 Å². The molecule has 4 nitrogen and oxygen atoms in total. The number of aromatic nitrogens is 1. The minimum absolute atomic E-state index is 0.525. The number of hydrogen-bond acceptors (Lipinski definition) is 5. The Morgan fingerprint density at radius 1 is 1.11 bits per heavy atom. The Labute approximate surface area is 167 Å². The summed E-state index contributed by atoms with van der Waals surface area (Å²) in [6, 6.07) is 6.21. The van der Waals surface area contributed by atoms with Gasteiger partial charge in [-0.2, -0.15) is 13.2 Å². The molecule has 2 fully saturated rings. The molecule has 1 aromatic carbocycles. The number of piperazine rings is 1. The fourth-order valence-corrected chi connectivity index (χ4v) is 4.88. The Balaban J connectivity index is 1.32. The maximum absolute atomic E-state index is 13.0. The molecule has 0 N–H and O–H groups in total. The summed E-state index contributed by atoms with van der Waals surface area (Å²) in [6.45, 7) is 6.40. The SMILES string of the molecule is FC(F)(F)c1cccc(N2CCN(C3CCCN(Cc4nccs4)C3)CC2)c1. The number of benzene rings is 1. The number of alkyl halides is 3. The van der Waals surface area contributed by atoms with E-state index in [0.29, 0.717) is 11.7 Å². The highest BCUT2D eigenvalue weighted by Gasteiger charge is 2.32. The lowest BCUT2D eigenvalue weighted by atomic mass is 10.0. The summed E-state index contributed by atoms with van der Waals surface area (Å²) < 4.78 is 38.9. The number of halogens is 3. The normalized spacial score (nSPS) is 22.5. The molecule has 28 heavy (non-hydrogen) atoms. The van der Waals surface area contributed by atoms with Crippen LogP contribution in [0, 0.1) is 0 Å². The van der Waals surface area contributed by atoms with Gasteiger partial charge in [0.15, 0.2) is 0 Å². The van der Waals surface area contributed by atoms with Crippen LogP contribution in [-0.4, -0.2) is 60.1 Å². The van der Waals surface area contributed by atoms with E-state index in [2.05, 4.69) is 19.7 Å². The zero-order valence-electron chi connectivity index (χ0n) is 15.7. The minimum Gasteiger partial charge on any atom is -0.369 e. The van der Waals surface area contributed by atoms with Crippen molar-refractivity contribution in [2.75, 3.05) is 44.2 Å². The van der Waals surface area contributed by atoms with Crippen LogP contribution in [0.15, 0.2) is 35.8 Å². The molecule has 2 saturated heterocycles. The summed E-state index contributed by atoms with van der Waals surface area (Å²) in [5.41, 5.74) is 0.0982. The second kappa shape index (κ2) is 8.39. The van der Waals surface area contributed by atoms with Crippen LogP contribution >= 0.6 is 11.3 Å². The van der Waals surface area contributed by atoms with Crippen LogP contribution < -0.4 is 4.90 Å². The number of anilines is 1. The number of piperidine rings is 1. The third-order valence-corrected chi connectivity index (χ3v) is 6.46. The third-order valence-electron chi connectivity index (χ3n) is 5.69. The van der Waals surface area contributed by atoms with Crippen molar-refractivity contribution in [2.24, 2.45) is 0 Å². The van der Waals surface area contributed by atoms with Gasteiger partial charge < -0.3 is 4.90 Å². The lowest BCUT2D eigenvalue weighted by Crippen LogP contribution is -2.55. The quantitative estimate of drug-likeness (QED) is 0.761. The van der Waals surface area contributed by atoms with Crippen LogP contribution in [0.2, 0.25) is 0 Å². The predicted octanol–water partition coefficient (Wildman–Crippen LogP) is 3.95. The highest BCUT2D eigenvalue weighted by atomic mass is 32.1. The summed E-state index contributed by atoms with van der Waals surface area (Å²) in [6.07, 6.45) is -0.0585. The van der Waals surface area contributed by atoms with Crippen molar-refractivity contribution < 1.29 is 13.2 Å². The molecule has 2 aromatic rings. The molecule has 0 saturated carbocycles. The van der Waals surface area contributed by atoms with Gasteiger partial charge in [0.25, 0.3) is 0 Å². The Bertz CT molecular complexity index is 757. The molecular formula is C20H25F3N4S. The van der Waals surface area contributed by atoms with Gasteiger partial charge in [0.2, 0.25) is 0 Å². The molecule has 0 aliphatic carbocycles. The molecule has 0 bridgehead atoms. The second-order valence-corrected chi connectivity index (χ2v) is 8.51. The van der Waals surface area contributed by atoms with E-state index in [1.54, 1.807) is 17.4 Å². The van der Waals surface area contributed by atoms with E-state index < -0.39 is 11.7 Å². The molecule has 152 valence electrons. The molecule has 0 amide bonds. The number of rotatable bonds is 4. The molecule has 4 rings (SSSR count). The Morgan fingerprint density at radius 2 is 1.93 bits per heavy atom. The van der Waals surface area contributed by atoms with Crippen molar-refractivity contribution in [3.05, 3.63) is 46.4 Å². The molecular weight excluding hydrogens is 385 g/mol. The Kier molecular flexibility index (Phi) is 5.89. The maximum Gasteiger partial charge on any atom is 0.416 e. The number of likely N-dealkylation sites (tertiary alicyclic amines) is 1. The Morgan fingerprint density at radius 3 is 2.64 bits per heavy atom. The number of thiazole rings is 1. The lowest BCUT2D eigenvalue weighted by molar-refractivity contribution is -0.137. The molecule has 1 atom stereocenters. The molecule has 1 aromatic heterocycles. The van der Waals surface area contributed by atoms with E-state index >= 15 is 0 Å². The number of nitrogens with zero attached hydrogens (tertiary/aromatic N) is 4. The van der Waals surface area contributed by atoms with Crippen molar-refractivity contribution >= 4 is 17.0 Å². The van der Waals surface area contributed by atoms with E-state index in [0.717, 1.165) is 56.9 Å². The van der Waals surface area contributed by atoms with Gasteiger partial charge in [-0.25, -0.2) is 4.98 Å². The largest absolute Gasteiger partial charge is 0.416 e. The fourth-order valence-electron chi connectivity index (χ4n) is 4.22. The van der Waals surface area contributed by atoms with Crippen molar-refractivity contribution in [3.8, 4) is 0 Å². The summed E-state index contributed by atoms with van der Waals surface area (Å²) >= 11 is 1.70. The van der Waals surface area contributed by atoms with Crippen molar-refractivity contribution in [1.29, 1.82) is 0 Å². The third kappa shape index (κ3) is 4.67. The van der Waals surface area contributed by atoms with E-state index in [4.69, 9.17) is 0 Å². The average Bonchev–Trinajstić information content (AvgIpc) is 3.21. The van der Waals surface area contributed by atoms with E-state index in [9.17, 15) is 13.2 Å². The van der Waals surface area contributed by atoms with Crippen LogP contribution in [0.4, 0.5) is 18.9 Å². The number of hydrogen-bond donors (Lipinski definition) is 0. The van der Waals surface area contributed by atoms with Crippen LogP contribution in [-0.2, 0) is 12.7 Å². The van der Waals surface area contributed by atoms with Gasteiger partial charge in [-0.15, -0.1) is 11.3 Å². The highest BCUT2D eigenvalue weighted by Crippen LogP contribution is 2.32. The molecule has 0 spiro atoms. The van der Waals surface area contributed by atoms with Gasteiger partial charge in [0.1, 0.15) is 5.01 Å². The average molecular weight is 411 g/mol. The van der Waals surface area contributed by atoms with Crippen LogP contribution in [0.5, 0.6) is 0 Å². The first kappa shape index (κ1) is 19.7. The van der Waals surface area contributed by atoms with Crippen molar-refractivity contribution in [3.63, 3.8) is 0 Å². The van der Waals surface area contributed by atoms with E-state index in [-0.39, 0.29) is 0 Å². The first-order valence-electron chi connectivity index (χ1n) is 9.76. The molecule has 2 aliphatic heterocycles. The summed E-state index contributed by atoms with van der Waals surface area (Å²) in [7, 11) is 0. The molecule has 1 unspecified atom stereocenters. The molecule has 3 heterocycles. The minimum atomic E-state index is -4.29. The van der Waals surface area contributed by atoms with Gasteiger partial charge in [0.05, 0.1) is 12.1 Å². The lowest BCUT2D eigenvalue weighted by Gasteiger charge is -2.44. The van der Waals surface area contributed by atoms with Gasteiger partial charge in [-0.3, -0.25) is 9.80 Å². The van der Waals surface area contributed by atoms with Crippen LogP contribution in [0.25, 0.3) is 0 Å². The zero-order valence-corrected chi connectivity index (χ0v) is 16.6.